The molecule has 5 heteroatoms. The van der Waals surface area contributed by atoms with Crippen molar-refractivity contribution in [1.29, 1.82) is 0 Å². The fourth-order valence-corrected chi connectivity index (χ4v) is 1.14. The van der Waals surface area contributed by atoms with Crippen LogP contribution in [0.2, 0.25) is 0 Å². The number of rotatable bonds is 3. The first-order valence-electron chi connectivity index (χ1n) is 4.88. The molecule has 0 atom stereocenters. The molecule has 1 aromatic carbocycles. The lowest BCUT2D eigenvalue weighted by Crippen LogP contribution is -2.45. The highest BCUT2D eigenvalue weighted by atomic mass is 16.3. The van der Waals surface area contributed by atoms with E-state index in [1.165, 1.54) is 12.1 Å². The molecule has 1 aromatic rings. The zero-order chi connectivity index (χ0) is 12.3. The first-order chi connectivity index (χ1) is 7.28. The minimum atomic E-state index is -0.505. The second-order valence-electron chi connectivity index (χ2n) is 4.41. The van der Waals surface area contributed by atoms with Gasteiger partial charge in [0, 0.05) is 23.7 Å². The van der Waals surface area contributed by atoms with Crippen molar-refractivity contribution in [3.05, 3.63) is 23.8 Å². The molecule has 1 amide bonds. The average molecular weight is 224 g/mol. The average Bonchev–Trinajstić information content (AvgIpc) is 2.11. The first kappa shape index (κ1) is 12.3. The van der Waals surface area contributed by atoms with Crippen molar-refractivity contribution in [2.45, 2.75) is 19.4 Å². The number of phenols is 2. The van der Waals surface area contributed by atoms with Crippen molar-refractivity contribution >= 4 is 5.91 Å². The number of carbonyl (C=O) groups excluding carboxylic acids is 1. The standard InChI is InChI=1S/C11H16N2O3/c1-11(2,12)6-13-10(16)7-3-8(14)5-9(15)4-7/h3-5,14-15H,6,12H2,1-2H3,(H,13,16). The minimum Gasteiger partial charge on any atom is -0.508 e. The van der Waals surface area contributed by atoms with E-state index in [2.05, 4.69) is 5.32 Å². The summed E-state index contributed by atoms with van der Waals surface area (Å²) in [4.78, 5) is 11.6. The third kappa shape index (κ3) is 3.78. The maximum Gasteiger partial charge on any atom is 0.251 e. The number of aromatic hydroxyl groups is 2. The summed E-state index contributed by atoms with van der Waals surface area (Å²) < 4.78 is 0. The zero-order valence-electron chi connectivity index (χ0n) is 9.32. The quantitative estimate of drug-likeness (QED) is 0.603. The molecule has 0 bridgehead atoms. The topological polar surface area (TPSA) is 95.6 Å². The Balaban J connectivity index is 2.73. The van der Waals surface area contributed by atoms with E-state index in [1.807, 2.05) is 0 Å². The minimum absolute atomic E-state index is 0.155. The third-order valence-corrected chi connectivity index (χ3v) is 1.87. The summed E-state index contributed by atoms with van der Waals surface area (Å²) in [6, 6.07) is 3.71. The number of amides is 1. The molecule has 16 heavy (non-hydrogen) atoms. The van der Waals surface area contributed by atoms with Crippen LogP contribution in [0.5, 0.6) is 11.5 Å². The fraction of sp³-hybridized carbons (Fsp3) is 0.364. The van der Waals surface area contributed by atoms with Crippen LogP contribution >= 0.6 is 0 Å². The zero-order valence-corrected chi connectivity index (χ0v) is 9.32. The number of benzene rings is 1. The summed E-state index contributed by atoms with van der Waals surface area (Å²) in [7, 11) is 0. The van der Waals surface area contributed by atoms with Crippen LogP contribution in [0.25, 0.3) is 0 Å². The van der Waals surface area contributed by atoms with Gasteiger partial charge in [-0.3, -0.25) is 4.79 Å². The van der Waals surface area contributed by atoms with Crippen LogP contribution in [0.15, 0.2) is 18.2 Å². The lowest BCUT2D eigenvalue weighted by Gasteiger charge is -2.18. The molecular weight excluding hydrogens is 208 g/mol. The summed E-state index contributed by atoms with van der Waals surface area (Å²) >= 11 is 0. The number of carbonyl (C=O) groups is 1. The first-order valence-corrected chi connectivity index (χ1v) is 4.88. The molecule has 0 aromatic heterocycles. The second kappa shape index (κ2) is 4.40. The molecule has 0 heterocycles. The van der Waals surface area contributed by atoms with Crippen molar-refractivity contribution < 1.29 is 15.0 Å². The Morgan fingerprint density at radius 3 is 2.25 bits per heavy atom. The van der Waals surface area contributed by atoms with E-state index in [0.29, 0.717) is 6.54 Å². The normalized spacial score (nSPS) is 11.2. The van der Waals surface area contributed by atoms with Crippen LogP contribution in [-0.4, -0.2) is 28.2 Å². The Morgan fingerprint density at radius 2 is 1.81 bits per heavy atom. The van der Waals surface area contributed by atoms with Crippen LogP contribution in [0.4, 0.5) is 0 Å². The second-order valence-corrected chi connectivity index (χ2v) is 4.41. The van der Waals surface area contributed by atoms with Crippen molar-refractivity contribution in [2.75, 3.05) is 6.54 Å². The number of nitrogens with two attached hydrogens (primary N) is 1. The van der Waals surface area contributed by atoms with Crippen LogP contribution < -0.4 is 11.1 Å². The summed E-state index contributed by atoms with van der Waals surface area (Å²) in [6.07, 6.45) is 0. The Morgan fingerprint density at radius 1 is 1.31 bits per heavy atom. The predicted molar refractivity (Wildman–Crippen MR) is 60.4 cm³/mol. The smallest absolute Gasteiger partial charge is 0.251 e. The summed E-state index contributed by atoms with van der Waals surface area (Å²) in [5.74, 6) is -0.695. The van der Waals surface area contributed by atoms with Gasteiger partial charge < -0.3 is 21.3 Å². The molecule has 0 aliphatic heterocycles. The molecule has 0 unspecified atom stereocenters. The van der Waals surface area contributed by atoms with Gasteiger partial charge in [0.1, 0.15) is 11.5 Å². The number of hydrogen-bond donors (Lipinski definition) is 4. The summed E-state index contributed by atoms with van der Waals surface area (Å²) in [6.45, 7) is 3.88. The maximum absolute atomic E-state index is 11.6. The lowest BCUT2D eigenvalue weighted by molar-refractivity contribution is 0.0945. The molecule has 1 rings (SSSR count). The van der Waals surface area contributed by atoms with Gasteiger partial charge in [-0.05, 0) is 26.0 Å². The largest absolute Gasteiger partial charge is 0.508 e. The summed E-state index contributed by atoms with van der Waals surface area (Å²) in [5.41, 5.74) is 5.40. The highest BCUT2D eigenvalue weighted by molar-refractivity contribution is 5.95. The molecule has 0 fully saturated rings. The molecule has 0 radical (unpaired) electrons. The molecule has 88 valence electrons. The summed E-state index contributed by atoms with van der Waals surface area (Å²) in [5, 5.41) is 21.0. The van der Waals surface area contributed by atoms with Crippen molar-refractivity contribution in [3.8, 4) is 11.5 Å². The van der Waals surface area contributed by atoms with E-state index in [4.69, 9.17) is 5.73 Å². The van der Waals surface area contributed by atoms with Crippen molar-refractivity contribution in [1.82, 2.24) is 5.32 Å². The van der Waals surface area contributed by atoms with Crippen LogP contribution in [0, 0.1) is 0 Å². The van der Waals surface area contributed by atoms with E-state index in [1.54, 1.807) is 13.8 Å². The van der Waals surface area contributed by atoms with Crippen LogP contribution in [-0.2, 0) is 0 Å². The monoisotopic (exact) mass is 224 g/mol. The molecule has 0 spiro atoms. The molecule has 5 N–H and O–H groups in total. The van der Waals surface area contributed by atoms with E-state index in [-0.39, 0.29) is 23.0 Å². The Bertz CT molecular complexity index is 376. The number of nitrogens with one attached hydrogen (secondary N) is 1. The van der Waals surface area contributed by atoms with Gasteiger partial charge in [0.05, 0.1) is 0 Å². The van der Waals surface area contributed by atoms with Crippen LogP contribution in [0.1, 0.15) is 24.2 Å². The Kier molecular flexibility index (Phi) is 3.39. The molecule has 0 aliphatic carbocycles. The van der Waals surface area contributed by atoms with Crippen molar-refractivity contribution in [2.24, 2.45) is 5.73 Å². The Hall–Kier alpha value is -1.75. The SMILES string of the molecule is CC(C)(N)CNC(=O)c1cc(O)cc(O)c1. The van der Waals surface area contributed by atoms with Gasteiger partial charge in [-0.1, -0.05) is 0 Å². The van der Waals surface area contributed by atoms with E-state index in [0.717, 1.165) is 6.07 Å². The van der Waals surface area contributed by atoms with Gasteiger partial charge in [0.25, 0.3) is 5.91 Å². The molecule has 0 aliphatic rings. The van der Waals surface area contributed by atoms with Gasteiger partial charge in [-0.15, -0.1) is 0 Å². The van der Waals surface area contributed by atoms with E-state index in [9.17, 15) is 15.0 Å². The molecule has 0 saturated heterocycles. The highest BCUT2D eigenvalue weighted by Crippen LogP contribution is 2.20. The van der Waals surface area contributed by atoms with Crippen molar-refractivity contribution in [3.63, 3.8) is 0 Å². The predicted octanol–water partition coefficient (Wildman–Crippen LogP) is 0.565. The maximum atomic E-state index is 11.6. The highest BCUT2D eigenvalue weighted by Gasteiger charge is 2.14. The molecule has 0 saturated carbocycles. The fourth-order valence-electron chi connectivity index (χ4n) is 1.14. The van der Waals surface area contributed by atoms with Gasteiger partial charge in [-0.2, -0.15) is 0 Å². The van der Waals surface area contributed by atoms with Gasteiger partial charge in [0.2, 0.25) is 0 Å². The number of phenolic OH excluding ortho intramolecular Hbond substituents is 2. The molecular formula is C11H16N2O3. The van der Waals surface area contributed by atoms with Gasteiger partial charge >= 0.3 is 0 Å². The Labute approximate surface area is 93.9 Å². The van der Waals surface area contributed by atoms with Gasteiger partial charge in [-0.25, -0.2) is 0 Å². The van der Waals surface area contributed by atoms with Crippen LogP contribution in [0.3, 0.4) is 0 Å². The van der Waals surface area contributed by atoms with E-state index >= 15 is 0 Å². The lowest BCUT2D eigenvalue weighted by atomic mass is 10.1. The number of hydrogen-bond acceptors (Lipinski definition) is 4. The molecule has 5 nitrogen and oxygen atoms in total. The van der Waals surface area contributed by atoms with E-state index < -0.39 is 5.54 Å². The third-order valence-electron chi connectivity index (χ3n) is 1.87. The van der Waals surface area contributed by atoms with Gasteiger partial charge in [0.15, 0.2) is 0 Å².